The lowest BCUT2D eigenvalue weighted by Gasteiger charge is -2.27. The normalized spacial score (nSPS) is 32.2. The minimum atomic E-state index is 0.153. The minimum Gasteiger partial charge on any atom is -0.394 e. The van der Waals surface area contributed by atoms with Crippen LogP contribution < -0.4 is 0 Å². The number of aliphatic hydroxyl groups excluding tert-OH is 1. The number of ether oxygens (including phenoxy) is 1. The van der Waals surface area contributed by atoms with Gasteiger partial charge in [-0.05, 0) is 12.8 Å². The maximum atomic E-state index is 8.56. The van der Waals surface area contributed by atoms with E-state index in [4.69, 9.17) is 9.84 Å². The molecule has 0 saturated heterocycles. The van der Waals surface area contributed by atoms with Crippen LogP contribution in [0.5, 0.6) is 0 Å². The Morgan fingerprint density at radius 3 is 2.73 bits per heavy atom. The van der Waals surface area contributed by atoms with E-state index in [0.29, 0.717) is 16.6 Å². The fraction of sp³-hybridized carbons (Fsp3) is 1.00. The molecule has 1 saturated carbocycles. The van der Waals surface area contributed by atoms with Crippen molar-refractivity contribution in [1.82, 2.24) is 0 Å². The van der Waals surface area contributed by atoms with Gasteiger partial charge in [0.1, 0.15) is 0 Å². The van der Waals surface area contributed by atoms with Crippen molar-refractivity contribution >= 4 is 22.6 Å². The highest BCUT2D eigenvalue weighted by atomic mass is 127. The van der Waals surface area contributed by atoms with E-state index in [1.54, 1.807) is 0 Å². The molecule has 0 aromatic rings. The molecular formula is C8H15IO2. The van der Waals surface area contributed by atoms with E-state index in [9.17, 15) is 0 Å². The Hall–Kier alpha value is 0.650. The number of hydrogen-bond donors (Lipinski definition) is 1. The van der Waals surface area contributed by atoms with E-state index in [2.05, 4.69) is 22.6 Å². The Kier molecular flexibility index (Phi) is 4.71. The molecule has 2 nitrogen and oxygen atoms in total. The SMILES string of the molecule is OCCOC1CCCCC1I. The van der Waals surface area contributed by atoms with Crippen molar-refractivity contribution in [2.45, 2.75) is 35.7 Å². The van der Waals surface area contributed by atoms with Gasteiger partial charge in [-0.1, -0.05) is 35.4 Å². The molecule has 0 amide bonds. The highest BCUT2D eigenvalue weighted by Gasteiger charge is 2.22. The topological polar surface area (TPSA) is 29.5 Å². The summed E-state index contributed by atoms with van der Waals surface area (Å²) in [4.78, 5) is 0. The van der Waals surface area contributed by atoms with Gasteiger partial charge < -0.3 is 9.84 Å². The van der Waals surface area contributed by atoms with Crippen molar-refractivity contribution in [3.8, 4) is 0 Å². The van der Waals surface area contributed by atoms with Crippen LogP contribution in [0.3, 0.4) is 0 Å². The molecule has 11 heavy (non-hydrogen) atoms. The van der Waals surface area contributed by atoms with Gasteiger partial charge in [0.15, 0.2) is 0 Å². The zero-order valence-electron chi connectivity index (χ0n) is 6.63. The fourth-order valence-electron chi connectivity index (χ4n) is 1.44. The van der Waals surface area contributed by atoms with Crippen molar-refractivity contribution in [3.05, 3.63) is 0 Å². The van der Waals surface area contributed by atoms with Gasteiger partial charge in [-0.15, -0.1) is 0 Å². The van der Waals surface area contributed by atoms with Crippen molar-refractivity contribution in [1.29, 1.82) is 0 Å². The molecule has 0 radical (unpaired) electrons. The van der Waals surface area contributed by atoms with Gasteiger partial charge in [-0.3, -0.25) is 0 Å². The summed E-state index contributed by atoms with van der Waals surface area (Å²) in [5.74, 6) is 0. The van der Waals surface area contributed by atoms with Gasteiger partial charge in [0.05, 0.1) is 19.3 Å². The van der Waals surface area contributed by atoms with Gasteiger partial charge in [-0.2, -0.15) is 0 Å². The van der Waals surface area contributed by atoms with E-state index in [1.165, 1.54) is 25.7 Å². The second-order valence-electron chi connectivity index (χ2n) is 2.93. The molecule has 0 aromatic heterocycles. The lowest BCUT2D eigenvalue weighted by molar-refractivity contribution is 0.0155. The third-order valence-corrected chi connectivity index (χ3v) is 3.47. The molecule has 3 heteroatoms. The predicted octanol–water partition coefficient (Wildman–Crippen LogP) is 1.74. The summed E-state index contributed by atoms with van der Waals surface area (Å²) >= 11 is 2.45. The Morgan fingerprint density at radius 1 is 1.36 bits per heavy atom. The van der Waals surface area contributed by atoms with Gasteiger partial charge >= 0.3 is 0 Å². The quantitative estimate of drug-likeness (QED) is 0.625. The monoisotopic (exact) mass is 270 g/mol. The van der Waals surface area contributed by atoms with Crippen LogP contribution in [0.2, 0.25) is 0 Å². The lowest BCUT2D eigenvalue weighted by Crippen LogP contribution is -2.28. The zero-order valence-corrected chi connectivity index (χ0v) is 8.79. The van der Waals surface area contributed by atoms with Crippen LogP contribution in [0.1, 0.15) is 25.7 Å². The van der Waals surface area contributed by atoms with E-state index < -0.39 is 0 Å². The third-order valence-electron chi connectivity index (χ3n) is 2.05. The van der Waals surface area contributed by atoms with Crippen molar-refractivity contribution in [2.24, 2.45) is 0 Å². The second kappa shape index (κ2) is 5.32. The van der Waals surface area contributed by atoms with Crippen LogP contribution in [0.25, 0.3) is 0 Å². The van der Waals surface area contributed by atoms with Gasteiger partial charge in [0, 0.05) is 3.92 Å². The highest BCUT2D eigenvalue weighted by molar-refractivity contribution is 14.1. The summed E-state index contributed by atoms with van der Waals surface area (Å²) in [5.41, 5.74) is 0. The lowest BCUT2D eigenvalue weighted by atomic mass is 9.98. The number of hydrogen-bond acceptors (Lipinski definition) is 2. The number of rotatable bonds is 3. The molecular weight excluding hydrogens is 255 g/mol. The molecule has 0 heterocycles. The molecule has 0 spiro atoms. The Balaban J connectivity index is 2.18. The summed E-state index contributed by atoms with van der Waals surface area (Å²) in [5, 5.41) is 8.56. The van der Waals surface area contributed by atoms with E-state index in [1.807, 2.05) is 0 Å². The average Bonchev–Trinajstić information content (AvgIpc) is 2.03. The summed E-state index contributed by atoms with van der Waals surface area (Å²) in [6.07, 6.45) is 5.48. The standard InChI is InChI=1S/C8H15IO2/c9-7-3-1-2-4-8(7)11-6-5-10/h7-8,10H,1-6H2. The molecule has 0 aliphatic heterocycles. The van der Waals surface area contributed by atoms with Crippen LogP contribution in [0.15, 0.2) is 0 Å². The Labute approximate surface area is 81.5 Å². The smallest absolute Gasteiger partial charge is 0.0701 e. The molecule has 1 aliphatic carbocycles. The Morgan fingerprint density at radius 2 is 2.09 bits per heavy atom. The molecule has 1 N–H and O–H groups in total. The van der Waals surface area contributed by atoms with Gasteiger partial charge in [-0.25, -0.2) is 0 Å². The number of alkyl halides is 1. The highest BCUT2D eigenvalue weighted by Crippen LogP contribution is 2.26. The second-order valence-corrected chi connectivity index (χ2v) is 4.53. The summed E-state index contributed by atoms with van der Waals surface area (Å²) in [6.45, 7) is 0.657. The number of aliphatic hydroxyl groups is 1. The van der Waals surface area contributed by atoms with E-state index in [0.717, 1.165) is 0 Å². The van der Waals surface area contributed by atoms with Gasteiger partial charge in [0.2, 0.25) is 0 Å². The van der Waals surface area contributed by atoms with Crippen LogP contribution in [0, 0.1) is 0 Å². The summed E-state index contributed by atoms with van der Waals surface area (Å²) in [7, 11) is 0. The van der Waals surface area contributed by atoms with Crippen molar-refractivity contribution in [2.75, 3.05) is 13.2 Å². The first-order chi connectivity index (χ1) is 5.34. The number of halogens is 1. The maximum Gasteiger partial charge on any atom is 0.0701 e. The first-order valence-corrected chi connectivity index (χ1v) is 5.45. The van der Waals surface area contributed by atoms with Gasteiger partial charge in [0.25, 0.3) is 0 Å². The molecule has 0 bridgehead atoms. The molecule has 2 unspecified atom stereocenters. The van der Waals surface area contributed by atoms with E-state index in [-0.39, 0.29) is 6.61 Å². The molecule has 66 valence electrons. The molecule has 1 aliphatic rings. The van der Waals surface area contributed by atoms with Crippen molar-refractivity contribution < 1.29 is 9.84 Å². The fourth-order valence-corrected chi connectivity index (χ4v) is 2.45. The minimum absolute atomic E-state index is 0.153. The van der Waals surface area contributed by atoms with Crippen molar-refractivity contribution in [3.63, 3.8) is 0 Å². The van der Waals surface area contributed by atoms with Crippen LogP contribution in [0.4, 0.5) is 0 Å². The van der Waals surface area contributed by atoms with Crippen LogP contribution >= 0.6 is 22.6 Å². The van der Waals surface area contributed by atoms with E-state index >= 15 is 0 Å². The van der Waals surface area contributed by atoms with Crippen LogP contribution in [-0.2, 0) is 4.74 Å². The molecule has 2 atom stereocenters. The summed E-state index contributed by atoms with van der Waals surface area (Å²) < 4.78 is 6.15. The van der Waals surface area contributed by atoms with Crippen LogP contribution in [-0.4, -0.2) is 28.3 Å². The molecule has 1 rings (SSSR count). The largest absolute Gasteiger partial charge is 0.394 e. The molecule has 1 fully saturated rings. The zero-order chi connectivity index (χ0) is 8.10. The Bertz CT molecular complexity index is 108. The first-order valence-electron chi connectivity index (χ1n) is 4.21. The maximum absolute atomic E-state index is 8.56. The third kappa shape index (κ3) is 3.25. The average molecular weight is 270 g/mol. The summed E-state index contributed by atoms with van der Waals surface area (Å²) in [6, 6.07) is 0. The predicted molar refractivity (Wildman–Crippen MR) is 53.1 cm³/mol. The first kappa shape index (κ1) is 9.74. The molecule has 0 aromatic carbocycles.